The molecule has 5 rings (SSSR count). The van der Waals surface area contributed by atoms with Crippen LogP contribution in [-0.2, 0) is 9.53 Å². The average molecular weight is 441 g/mol. The molecule has 0 radical (unpaired) electrons. The lowest BCUT2D eigenvalue weighted by Gasteiger charge is -2.36. The van der Waals surface area contributed by atoms with Crippen molar-refractivity contribution in [1.29, 1.82) is 0 Å². The van der Waals surface area contributed by atoms with E-state index in [9.17, 15) is 4.79 Å². The van der Waals surface area contributed by atoms with Gasteiger partial charge in [0.2, 0.25) is 0 Å². The summed E-state index contributed by atoms with van der Waals surface area (Å²) in [6.45, 7) is 5.45. The Kier molecular flexibility index (Phi) is 5.91. The van der Waals surface area contributed by atoms with Gasteiger partial charge in [-0.05, 0) is 30.3 Å². The number of Topliss-reactive ketones (excluding diaryl/α,β-unsaturated/α-hetero) is 1. The summed E-state index contributed by atoms with van der Waals surface area (Å²) in [5.41, 5.74) is 1.60. The number of nitrogens with one attached hydrogen (secondary N) is 1. The van der Waals surface area contributed by atoms with Crippen LogP contribution in [0.25, 0.3) is 0 Å². The van der Waals surface area contributed by atoms with E-state index in [1.807, 2.05) is 36.4 Å². The van der Waals surface area contributed by atoms with E-state index in [2.05, 4.69) is 15.1 Å². The van der Waals surface area contributed by atoms with Crippen molar-refractivity contribution in [2.75, 3.05) is 52.5 Å². The Morgan fingerprint density at radius 2 is 1.97 bits per heavy atom. The van der Waals surface area contributed by atoms with Crippen LogP contribution >= 0.6 is 11.6 Å². The van der Waals surface area contributed by atoms with Gasteiger partial charge in [0.15, 0.2) is 11.5 Å². The summed E-state index contributed by atoms with van der Waals surface area (Å²) < 4.78 is 11.5. The van der Waals surface area contributed by atoms with E-state index in [0.717, 1.165) is 36.8 Å². The monoisotopic (exact) mass is 440 g/mol. The Morgan fingerprint density at radius 3 is 2.84 bits per heavy atom. The smallest absolute Gasteiger partial charge is 0.165 e. The minimum Gasteiger partial charge on any atom is -0.454 e. The molecule has 2 fully saturated rings. The van der Waals surface area contributed by atoms with Gasteiger partial charge in [-0.2, -0.15) is 0 Å². The number of nitrogens with zero attached hydrogens (tertiary/aromatic N) is 3. The highest BCUT2D eigenvalue weighted by Crippen LogP contribution is 2.39. The summed E-state index contributed by atoms with van der Waals surface area (Å²) in [6.07, 6.45) is 0. The van der Waals surface area contributed by atoms with Crippen molar-refractivity contribution in [3.8, 4) is 11.5 Å². The Bertz CT molecular complexity index is 1010. The van der Waals surface area contributed by atoms with Crippen molar-refractivity contribution >= 4 is 28.9 Å². The summed E-state index contributed by atoms with van der Waals surface area (Å²) in [5.74, 6) is 2.43. The van der Waals surface area contributed by atoms with Gasteiger partial charge in [-0.1, -0.05) is 23.7 Å². The predicted octanol–water partition coefficient (Wildman–Crippen LogP) is 2.70. The summed E-state index contributed by atoms with van der Waals surface area (Å²) in [6, 6.07) is 13.1. The van der Waals surface area contributed by atoms with E-state index in [1.54, 1.807) is 6.07 Å². The van der Waals surface area contributed by atoms with Gasteiger partial charge in [0.25, 0.3) is 0 Å². The average Bonchev–Trinajstić information content (AvgIpc) is 2.96. The third-order valence-electron chi connectivity index (χ3n) is 5.84. The molecule has 0 aliphatic carbocycles. The first-order valence-corrected chi connectivity index (χ1v) is 11.0. The van der Waals surface area contributed by atoms with Gasteiger partial charge in [0.05, 0.1) is 31.4 Å². The second-order valence-corrected chi connectivity index (χ2v) is 8.39. The number of rotatable bonds is 3. The number of piperazine rings is 1. The molecule has 3 aliphatic rings. The Balaban J connectivity index is 1.41. The first-order chi connectivity index (χ1) is 15.2. The molecule has 2 saturated heterocycles. The summed E-state index contributed by atoms with van der Waals surface area (Å²) in [5, 5.41) is 4.00. The van der Waals surface area contributed by atoms with Crippen molar-refractivity contribution < 1.29 is 14.3 Å². The molecule has 7 nitrogen and oxygen atoms in total. The molecule has 1 atom stereocenters. The molecular weight excluding hydrogens is 416 g/mol. The van der Waals surface area contributed by atoms with Gasteiger partial charge in [0, 0.05) is 37.7 Å². The molecule has 2 aromatic carbocycles. The number of morpholine rings is 1. The standard InChI is InChI=1S/C23H25ClN4O3/c24-16-5-6-22-18(13-16)26-23(17-3-1-2-4-21(17)31-22)28-8-7-25-19(14-28)20(29)15-27-9-11-30-12-10-27/h1-6,13,19,25H,7-12,14-15H2/t19-/m0/s1. The van der Waals surface area contributed by atoms with E-state index >= 15 is 0 Å². The van der Waals surface area contributed by atoms with Crippen LogP contribution < -0.4 is 10.1 Å². The predicted molar refractivity (Wildman–Crippen MR) is 120 cm³/mol. The van der Waals surface area contributed by atoms with Crippen molar-refractivity contribution in [2.24, 2.45) is 4.99 Å². The fourth-order valence-corrected chi connectivity index (χ4v) is 4.35. The van der Waals surface area contributed by atoms with Gasteiger partial charge in [-0.15, -0.1) is 0 Å². The number of amidine groups is 1. The molecule has 3 heterocycles. The van der Waals surface area contributed by atoms with E-state index in [1.165, 1.54) is 0 Å². The van der Waals surface area contributed by atoms with Gasteiger partial charge in [-0.25, -0.2) is 4.99 Å². The van der Waals surface area contributed by atoms with Crippen LogP contribution in [-0.4, -0.2) is 79.9 Å². The Hall–Kier alpha value is -2.45. The van der Waals surface area contributed by atoms with Crippen molar-refractivity contribution in [3.63, 3.8) is 0 Å². The number of para-hydroxylation sites is 1. The molecule has 0 saturated carbocycles. The quantitative estimate of drug-likeness (QED) is 0.791. The largest absolute Gasteiger partial charge is 0.454 e. The number of halogens is 1. The molecule has 3 aliphatic heterocycles. The van der Waals surface area contributed by atoms with Crippen LogP contribution in [0.4, 0.5) is 5.69 Å². The summed E-state index contributed by atoms with van der Waals surface area (Å²) in [7, 11) is 0. The maximum Gasteiger partial charge on any atom is 0.165 e. The second kappa shape index (κ2) is 8.96. The number of hydrogen-bond acceptors (Lipinski definition) is 7. The zero-order chi connectivity index (χ0) is 21.2. The molecule has 162 valence electrons. The number of carbonyl (C=O) groups excluding carboxylic acids is 1. The molecule has 31 heavy (non-hydrogen) atoms. The van der Waals surface area contributed by atoms with Gasteiger partial charge < -0.3 is 19.7 Å². The number of ether oxygens (including phenoxy) is 2. The van der Waals surface area contributed by atoms with E-state index in [0.29, 0.717) is 49.3 Å². The number of ketones is 1. The number of fused-ring (bicyclic) bond motifs is 2. The van der Waals surface area contributed by atoms with Gasteiger partial charge in [0.1, 0.15) is 17.3 Å². The molecule has 0 unspecified atom stereocenters. The maximum atomic E-state index is 13.0. The normalized spacial score (nSPS) is 21.4. The fourth-order valence-electron chi connectivity index (χ4n) is 4.19. The van der Waals surface area contributed by atoms with Gasteiger partial charge >= 0.3 is 0 Å². The molecule has 0 amide bonds. The lowest BCUT2D eigenvalue weighted by Crippen LogP contribution is -2.57. The summed E-state index contributed by atoms with van der Waals surface area (Å²) in [4.78, 5) is 22.3. The highest BCUT2D eigenvalue weighted by Gasteiger charge is 2.31. The van der Waals surface area contributed by atoms with Crippen LogP contribution in [0, 0.1) is 0 Å². The number of carbonyl (C=O) groups is 1. The molecule has 0 aromatic heterocycles. The lowest BCUT2D eigenvalue weighted by molar-refractivity contribution is -0.123. The lowest BCUT2D eigenvalue weighted by atomic mass is 10.1. The second-order valence-electron chi connectivity index (χ2n) is 7.95. The first-order valence-electron chi connectivity index (χ1n) is 10.6. The highest BCUT2D eigenvalue weighted by molar-refractivity contribution is 6.31. The van der Waals surface area contributed by atoms with Crippen LogP contribution in [0.3, 0.4) is 0 Å². The molecule has 0 bridgehead atoms. The van der Waals surface area contributed by atoms with Gasteiger partial charge in [-0.3, -0.25) is 9.69 Å². The Morgan fingerprint density at radius 1 is 1.13 bits per heavy atom. The van der Waals surface area contributed by atoms with Crippen LogP contribution in [0.1, 0.15) is 5.56 Å². The first kappa shape index (κ1) is 20.5. The zero-order valence-electron chi connectivity index (χ0n) is 17.2. The number of benzene rings is 2. The topological polar surface area (TPSA) is 66.4 Å². The molecule has 2 aromatic rings. The highest BCUT2D eigenvalue weighted by atomic mass is 35.5. The van der Waals surface area contributed by atoms with Crippen LogP contribution in [0.5, 0.6) is 11.5 Å². The van der Waals surface area contributed by atoms with Crippen molar-refractivity contribution in [1.82, 2.24) is 15.1 Å². The molecule has 8 heteroatoms. The molecule has 1 N–H and O–H groups in total. The van der Waals surface area contributed by atoms with E-state index < -0.39 is 0 Å². The SMILES string of the molecule is O=C(CN1CCOCC1)[C@@H]1CN(C2=Nc3cc(Cl)ccc3Oc3ccccc32)CCN1. The van der Waals surface area contributed by atoms with E-state index in [4.69, 9.17) is 26.1 Å². The summed E-state index contributed by atoms with van der Waals surface area (Å²) >= 11 is 6.23. The third kappa shape index (κ3) is 4.45. The van der Waals surface area contributed by atoms with Crippen molar-refractivity contribution in [3.05, 3.63) is 53.1 Å². The molecular formula is C23H25ClN4O3. The number of hydrogen-bond donors (Lipinski definition) is 1. The molecule has 0 spiro atoms. The third-order valence-corrected chi connectivity index (χ3v) is 6.08. The minimum atomic E-state index is -0.241. The Labute approximate surface area is 186 Å². The maximum absolute atomic E-state index is 13.0. The van der Waals surface area contributed by atoms with Crippen molar-refractivity contribution in [2.45, 2.75) is 6.04 Å². The number of aliphatic imine (C=N–C) groups is 1. The van der Waals surface area contributed by atoms with Crippen LogP contribution in [0.2, 0.25) is 5.02 Å². The fraction of sp³-hybridized carbons (Fsp3) is 0.391. The zero-order valence-corrected chi connectivity index (χ0v) is 18.0. The minimum absolute atomic E-state index is 0.203. The van der Waals surface area contributed by atoms with E-state index in [-0.39, 0.29) is 11.8 Å². The van der Waals surface area contributed by atoms with Crippen LogP contribution in [0.15, 0.2) is 47.5 Å².